The van der Waals surface area contributed by atoms with Gasteiger partial charge in [0.25, 0.3) is 0 Å². The first-order valence-corrected chi connectivity index (χ1v) is 12.9. The van der Waals surface area contributed by atoms with Crippen LogP contribution < -0.4 is 0 Å². The Bertz CT molecular complexity index is 611. The van der Waals surface area contributed by atoms with Crippen molar-refractivity contribution in [3.8, 4) is 0 Å². The van der Waals surface area contributed by atoms with Crippen molar-refractivity contribution < 1.29 is 14.3 Å². The van der Waals surface area contributed by atoms with Crippen LogP contribution in [-0.4, -0.2) is 37.1 Å². The van der Waals surface area contributed by atoms with Gasteiger partial charge in [-0.2, -0.15) is 0 Å². The first-order valence-electron chi connectivity index (χ1n) is 10.0. The molecule has 1 aliphatic heterocycles. The summed E-state index contributed by atoms with van der Waals surface area (Å²) in [5.74, 6) is 0. The van der Waals surface area contributed by atoms with Crippen molar-refractivity contribution in [2.45, 2.75) is 83.1 Å². The molecule has 1 aromatic rings. The monoisotopic (exact) mass is 455 g/mol. The average Bonchev–Trinajstić information content (AvgIpc) is 2.99. The summed E-state index contributed by atoms with van der Waals surface area (Å²) < 4.78 is 7.72. The van der Waals surface area contributed by atoms with Crippen molar-refractivity contribution in [1.82, 2.24) is 4.90 Å². The first kappa shape index (κ1) is 22.4. The van der Waals surface area contributed by atoms with Crippen LogP contribution >= 0.6 is 15.9 Å². The molecule has 0 spiro atoms. The number of rotatable bonds is 7. The van der Waals surface area contributed by atoms with Crippen molar-refractivity contribution in [1.29, 1.82) is 0 Å². The largest absolute Gasteiger partial charge is 0.465 e. The molecule has 1 aromatic carbocycles. The smallest absolute Gasteiger partial charge is 0.408 e. The maximum Gasteiger partial charge on any atom is 0.408 e. The predicted molar refractivity (Wildman–Crippen MR) is 117 cm³/mol. The molecule has 0 aliphatic carbocycles. The van der Waals surface area contributed by atoms with E-state index in [1.54, 1.807) is 4.90 Å². The molecule has 4 nitrogen and oxygen atoms in total. The van der Waals surface area contributed by atoms with E-state index in [4.69, 9.17) is 4.43 Å². The molecular weight excluding hydrogens is 422 g/mol. The Kier molecular flexibility index (Phi) is 7.56. The van der Waals surface area contributed by atoms with Crippen LogP contribution in [0.5, 0.6) is 0 Å². The number of amides is 1. The number of likely N-dealkylation sites (tertiary alicyclic amines) is 1. The highest BCUT2D eigenvalue weighted by Crippen LogP contribution is 2.44. The molecular formula is C21H34BrNO3Si. The lowest BCUT2D eigenvalue weighted by Gasteiger charge is -2.43. The van der Waals surface area contributed by atoms with Crippen LogP contribution in [0.4, 0.5) is 4.79 Å². The van der Waals surface area contributed by atoms with E-state index in [1.807, 2.05) is 24.3 Å². The maximum atomic E-state index is 12.1. The zero-order valence-electron chi connectivity index (χ0n) is 17.4. The summed E-state index contributed by atoms with van der Waals surface area (Å²) in [6, 6.07) is 7.84. The zero-order valence-corrected chi connectivity index (χ0v) is 20.0. The van der Waals surface area contributed by atoms with Gasteiger partial charge in [0.2, 0.25) is 0 Å². The summed E-state index contributed by atoms with van der Waals surface area (Å²) in [7, 11) is -1.99. The molecule has 1 fully saturated rings. The molecule has 1 amide bonds. The predicted octanol–water partition coefficient (Wildman–Crippen LogP) is 6.82. The van der Waals surface area contributed by atoms with Gasteiger partial charge in [-0.3, -0.25) is 4.90 Å². The molecule has 152 valence electrons. The molecule has 1 N–H and O–H groups in total. The second-order valence-corrected chi connectivity index (χ2v) is 15.0. The fraction of sp³-hybridized carbons (Fsp3) is 0.667. The summed E-state index contributed by atoms with van der Waals surface area (Å²) >= 11 is 3.45. The van der Waals surface area contributed by atoms with Gasteiger partial charge < -0.3 is 9.53 Å². The van der Waals surface area contributed by atoms with E-state index in [9.17, 15) is 9.90 Å². The summed E-state index contributed by atoms with van der Waals surface area (Å²) in [6.45, 7) is 14.1. The van der Waals surface area contributed by atoms with Gasteiger partial charge >= 0.3 is 6.09 Å². The van der Waals surface area contributed by atoms with Crippen LogP contribution in [0.2, 0.25) is 16.6 Å². The van der Waals surface area contributed by atoms with Gasteiger partial charge in [0.15, 0.2) is 8.32 Å². The Morgan fingerprint density at radius 2 is 1.63 bits per heavy atom. The second-order valence-electron chi connectivity index (χ2n) is 8.62. The highest BCUT2D eigenvalue weighted by molar-refractivity contribution is 9.10. The van der Waals surface area contributed by atoms with Crippen LogP contribution in [0.25, 0.3) is 0 Å². The van der Waals surface area contributed by atoms with E-state index in [-0.39, 0.29) is 12.1 Å². The average molecular weight is 456 g/mol. The summed E-state index contributed by atoms with van der Waals surface area (Å²) in [4.78, 5) is 13.7. The van der Waals surface area contributed by atoms with Gasteiger partial charge in [-0.05, 0) is 47.2 Å². The second kappa shape index (κ2) is 9.10. The molecule has 27 heavy (non-hydrogen) atoms. The number of hydrogen-bond donors (Lipinski definition) is 1. The third-order valence-corrected chi connectivity index (χ3v) is 12.8. The fourth-order valence-corrected chi connectivity index (χ4v) is 10.8. The number of carbonyl (C=O) groups is 1. The molecule has 1 aliphatic rings. The minimum Gasteiger partial charge on any atom is -0.465 e. The summed E-state index contributed by atoms with van der Waals surface area (Å²) in [5.41, 5.74) is 2.56. The fourth-order valence-electron chi connectivity index (χ4n) is 5.09. The highest BCUT2D eigenvalue weighted by atomic mass is 79.9. The summed E-state index contributed by atoms with van der Waals surface area (Å²) in [6.07, 6.45) is 0.854. The molecule has 0 radical (unpaired) electrons. The van der Waals surface area contributed by atoms with Gasteiger partial charge in [0.1, 0.15) is 0 Å². The lowest BCUT2D eigenvalue weighted by atomic mass is 10.1. The van der Waals surface area contributed by atoms with Gasteiger partial charge in [-0.15, -0.1) is 0 Å². The molecule has 0 bridgehead atoms. The molecule has 0 aromatic heterocycles. The van der Waals surface area contributed by atoms with Crippen molar-refractivity contribution >= 4 is 30.3 Å². The van der Waals surface area contributed by atoms with Crippen LogP contribution in [0, 0.1) is 0 Å². The van der Waals surface area contributed by atoms with Crippen LogP contribution in [0.1, 0.15) is 66.0 Å². The Balaban J connectivity index is 2.20. The van der Waals surface area contributed by atoms with Crippen molar-refractivity contribution in [2.24, 2.45) is 0 Å². The normalized spacial score (nSPS) is 20.9. The quantitative estimate of drug-likeness (QED) is 0.458. The molecule has 1 heterocycles. The molecule has 0 saturated carbocycles. The van der Waals surface area contributed by atoms with E-state index in [0.717, 1.165) is 22.9 Å². The minimum absolute atomic E-state index is 0.0701. The van der Waals surface area contributed by atoms with Crippen LogP contribution in [0.3, 0.4) is 0 Å². The van der Waals surface area contributed by atoms with Crippen molar-refractivity contribution in [3.63, 3.8) is 0 Å². The molecule has 1 saturated heterocycles. The van der Waals surface area contributed by atoms with E-state index in [2.05, 4.69) is 57.5 Å². The van der Waals surface area contributed by atoms with Gasteiger partial charge in [-0.1, -0.05) is 69.6 Å². The van der Waals surface area contributed by atoms with E-state index < -0.39 is 14.4 Å². The maximum absolute atomic E-state index is 12.1. The van der Waals surface area contributed by atoms with Gasteiger partial charge in [0.05, 0.1) is 18.7 Å². The number of carboxylic acid groups (broad SMARTS) is 1. The van der Waals surface area contributed by atoms with E-state index in [1.165, 1.54) is 0 Å². The Labute approximate surface area is 173 Å². The highest BCUT2D eigenvalue weighted by Gasteiger charge is 2.47. The van der Waals surface area contributed by atoms with Crippen molar-refractivity contribution in [3.05, 3.63) is 34.3 Å². The van der Waals surface area contributed by atoms with E-state index >= 15 is 0 Å². The topological polar surface area (TPSA) is 49.8 Å². The summed E-state index contributed by atoms with van der Waals surface area (Å²) in [5, 5.41) is 9.90. The van der Waals surface area contributed by atoms with E-state index in [0.29, 0.717) is 23.2 Å². The lowest BCUT2D eigenvalue weighted by Crippen LogP contribution is -2.50. The van der Waals surface area contributed by atoms with Gasteiger partial charge in [0, 0.05) is 4.47 Å². The molecule has 2 atom stereocenters. The Morgan fingerprint density at radius 1 is 1.11 bits per heavy atom. The number of halogens is 1. The van der Waals surface area contributed by atoms with Gasteiger partial charge in [-0.25, -0.2) is 4.79 Å². The third-order valence-electron chi connectivity index (χ3n) is 6.21. The molecule has 2 unspecified atom stereocenters. The van der Waals surface area contributed by atoms with Crippen molar-refractivity contribution in [2.75, 3.05) is 6.61 Å². The lowest BCUT2D eigenvalue weighted by molar-refractivity contribution is 0.101. The SMILES string of the molecule is CC(C)[Si](OCC1CCC(c2ccc(Br)cc2)N1C(=O)O)(C(C)C)C(C)C. The van der Waals surface area contributed by atoms with Crippen LogP contribution in [-0.2, 0) is 4.43 Å². The number of hydrogen-bond acceptors (Lipinski definition) is 2. The third kappa shape index (κ3) is 4.60. The first-order chi connectivity index (χ1) is 12.6. The van der Waals surface area contributed by atoms with Crippen LogP contribution in [0.15, 0.2) is 28.7 Å². The Hall–Kier alpha value is -0.853. The minimum atomic E-state index is -1.99. The number of benzene rings is 1. The Morgan fingerprint density at radius 3 is 2.07 bits per heavy atom. The number of nitrogens with zero attached hydrogens (tertiary/aromatic N) is 1. The molecule has 6 heteroatoms. The molecule has 2 rings (SSSR count). The zero-order chi connectivity index (χ0) is 20.4. The standard InChI is InChI=1S/C21H34BrNO3Si/c1-14(2)27(15(3)4,16(5)6)26-13-19-11-12-20(23(19)21(24)25)17-7-9-18(22)10-8-17/h7-10,14-16,19-20H,11-13H2,1-6H3,(H,24,25).